The Morgan fingerprint density at radius 3 is 2.44 bits per heavy atom. The Morgan fingerprint density at radius 1 is 1.09 bits per heavy atom. The molecule has 1 heterocycles. The number of hydrogen-bond donors (Lipinski definition) is 1. The van der Waals surface area contributed by atoms with Crippen molar-refractivity contribution in [3.8, 4) is 5.75 Å². The molecule has 0 bridgehead atoms. The second kappa shape index (κ2) is 11.0. The van der Waals surface area contributed by atoms with Gasteiger partial charge in [-0.2, -0.15) is 0 Å². The van der Waals surface area contributed by atoms with E-state index in [2.05, 4.69) is 21.2 Å². The zero-order valence-corrected chi connectivity index (χ0v) is 21.5. The van der Waals surface area contributed by atoms with Gasteiger partial charge in [0.05, 0.1) is 10.9 Å². The number of thiocarbonyl (C=S) groups is 1. The first kappa shape index (κ1) is 24.2. The molecule has 3 aromatic rings. The van der Waals surface area contributed by atoms with Crippen molar-refractivity contribution in [2.45, 2.75) is 13.0 Å². The number of nitrogens with zero attached hydrogens (tertiary/aromatic N) is 1. The van der Waals surface area contributed by atoms with Crippen molar-refractivity contribution in [3.05, 3.63) is 99.4 Å². The Labute approximate surface area is 216 Å². The molecule has 0 unspecified atom stereocenters. The predicted molar refractivity (Wildman–Crippen MR) is 145 cm³/mol. The van der Waals surface area contributed by atoms with E-state index in [9.17, 15) is 9.59 Å². The second-order valence-electron chi connectivity index (χ2n) is 7.55. The molecule has 8 heteroatoms. The number of benzene rings is 3. The second-order valence-corrected chi connectivity index (χ2v) is 10.1. The molecule has 1 fully saturated rings. The molecule has 0 radical (unpaired) electrons. The molecule has 1 atom stereocenters. The number of halogens is 1. The molecule has 172 valence electrons. The van der Waals surface area contributed by atoms with Crippen molar-refractivity contribution < 1.29 is 14.3 Å². The molecular formula is C26H21BrN2O3S2. The number of thioether (sulfide) groups is 1. The third-order valence-corrected chi connectivity index (χ3v) is 7.03. The zero-order chi connectivity index (χ0) is 24.1. The van der Waals surface area contributed by atoms with Crippen LogP contribution < -0.4 is 10.1 Å². The fourth-order valence-electron chi connectivity index (χ4n) is 3.39. The Hall–Kier alpha value is -2.94. The van der Waals surface area contributed by atoms with Crippen molar-refractivity contribution in [1.82, 2.24) is 4.90 Å². The summed E-state index contributed by atoms with van der Waals surface area (Å²) >= 11 is 10.1. The molecule has 0 aromatic heterocycles. The van der Waals surface area contributed by atoms with Crippen LogP contribution in [0.4, 0.5) is 5.69 Å². The van der Waals surface area contributed by atoms with E-state index in [4.69, 9.17) is 17.0 Å². The van der Waals surface area contributed by atoms with Gasteiger partial charge in [-0.1, -0.05) is 82.4 Å². The molecule has 3 aromatic carbocycles. The van der Waals surface area contributed by atoms with Crippen LogP contribution in [0, 0.1) is 0 Å². The van der Waals surface area contributed by atoms with Gasteiger partial charge in [-0.15, -0.1) is 0 Å². The smallest absolute Gasteiger partial charge is 0.266 e. The highest BCUT2D eigenvalue weighted by atomic mass is 79.9. The van der Waals surface area contributed by atoms with Gasteiger partial charge >= 0.3 is 0 Å². The summed E-state index contributed by atoms with van der Waals surface area (Å²) in [6.45, 7) is 1.87. The van der Waals surface area contributed by atoms with Crippen LogP contribution in [0.25, 0.3) is 6.08 Å². The number of hydrogen-bond acceptors (Lipinski definition) is 5. The standard InChI is InChI=1S/C26H21BrN2O3S2/c1-17(19-5-3-2-4-6-19)29-25(31)23(34-26(29)33)15-18-7-13-22(14-8-18)32-16-24(30)28-21-11-9-20(27)10-12-21/h2-15,17H,16H2,1H3,(H,28,30)/b23-15-/t17-/m1/s1. The van der Waals surface area contributed by atoms with Gasteiger partial charge in [0, 0.05) is 10.2 Å². The average molecular weight is 554 g/mol. The van der Waals surface area contributed by atoms with Crippen LogP contribution in [-0.4, -0.2) is 27.6 Å². The monoisotopic (exact) mass is 552 g/mol. The molecule has 0 aliphatic carbocycles. The third kappa shape index (κ3) is 5.94. The van der Waals surface area contributed by atoms with Crippen LogP contribution in [0.1, 0.15) is 24.1 Å². The lowest BCUT2D eigenvalue weighted by atomic mass is 10.1. The average Bonchev–Trinajstić information content (AvgIpc) is 3.12. The van der Waals surface area contributed by atoms with Crippen LogP contribution in [0.5, 0.6) is 5.75 Å². The molecule has 2 amide bonds. The van der Waals surface area contributed by atoms with E-state index in [1.54, 1.807) is 29.2 Å². The number of amides is 2. The van der Waals surface area contributed by atoms with Crippen molar-refractivity contribution in [1.29, 1.82) is 0 Å². The summed E-state index contributed by atoms with van der Waals surface area (Å²) in [4.78, 5) is 27.4. The van der Waals surface area contributed by atoms with Crippen molar-refractivity contribution in [2.75, 3.05) is 11.9 Å². The summed E-state index contributed by atoms with van der Waals surface area (Å²) in [6.07, 6.45) is 1.82. The topological polar surface area (TPSA) is 58.6 Å². The lowest BCUT2D eigenvalue weighted by Crippen LogP contribution is -2.30. The first-order valence-corrected chi connectivity index (χ1v) is 12.5. The van der Waals surface area contributed by atoms with Gasteiger partial charge in [-0.25, -0.2) is 0 Å². The molecular weight excluding hydrogens is 532 g/mol. The van der Waals surface area contributed by atoms with Gasteiger partial charge in [0.2, 0.25) is 0 Å². The molecule has 34 heavy (non-hydrogen) atoms. The maximum Gasteiger partial charge on any atom is 0.266 e. The van der Waals surface area contributed by atoms with Gasteiger partial charge in [-0.05, 0) is 60.5 Å². The zero-order valence-electron chi connectivity index (χ0n) is 18.2. The number of rotatable bonds is 7. The van der Waals surface area contributed by atoms with Crippen molar-refractivity contribution >= 4 is 67.8 Å². The van der Waals surface area contributed by atoms with E-state index < -0.39 is 0 Å². The number of nitrogens with one attached hydrogen (secondary N) is 1. The maximum atomic E-state index is 13.0. The minimum absolute atomic E-state index is 0.101. The summed E-state index contributed by atoms with van der Waals surface area (Å²) in [6, 6.07) is 24.2. The first-order chi connectivity index (χ1) is 16.4. The van der Waals surface area contributed by atoms with E-state index in [1.165, 1.54) is 11.8 Å². The van der Waals surface area contributed by atoms with Gasteiger partial charge in [0.1, 0.15) is 10.1 Å². The van der Waals surface area contributed by atoms with E-state index >= 15 is 0 Å². The van der Waals surface area contributed by atoms with Crippen LogP contribution in [0.3, 0.4) is 0 Å². The summed E-state index contributed by atoms with van der Waals surface area (Å²) in [7, 11) is 0. The van der Waals surface area contributed by atoms with E-state index in [0.29, 0.717) is 20.7 Å². The number of anilines is 1. The van der Waals surface area contributed by atoms with E-state index in [-0.39, 0.29) is 24.5 Å². The fraction of sp³-hybridized carbons (Fsp3) is 0.115. The van der Waals surface area contributed by atoms with Gasteiger partial charge in [-0.3, -0.25) is 14.5 Å². The maximum absolute atomic E-state index is 13.0. The first-order valence-electron chi connectivity index (χ1n) is 10.5. The number of carbonyl (C=O) groups is 2. The molecule has 1 aliphatic heterocycles. The Kier molecular flexibility index (Phi) is 7.82. The Bertz CT molecular complexity index is 1230. The van der Waals surface area contributed by atoms with Crippen LogP contribution in [-0.2, 0) is 9.59 Å². The normalized spacial score (nSPS) is 15.5. The van der Waals surface area contributed by atoms with Crippen LogP contribution in [0.2, 0.25) is 0 Å². The Balaban J connectivity index is 1.36. The minimum Gasteiger partial charge on any atom is -0.484 e. The molecule has 1 saturated heterocycles. The highest BCUT2D eigenvalue weighted by Gasteiger charge is 2.35. The molecule has 1 N–H and O–H groups in total. The number of carbonyl (C=O) groups excluding carboxylic acids is 2. The summed E-state index contributed by atoms with van der Waals surface area (Å²) in [5.74, 6) is 0.215. The molecule has 0 saturated carbocycles. The number of ether oxygens (including phenoxy) is 1. The highest BCUT2D eigenvalue weighted by molar-refractivity contribution is 9.10. The molecule has 1 aliphatic rings. The molecule has 5 nitrogen and oxygen atoms in total. The lowest BCUT2D eigenvalue weighted by Gasteiger charge is -2.23. The van der Waals surface area contributed by atoms with Crippen molar-refractivity contribution in [2.24, 2.45) is 0 Å². The van der Waals surface area contributed by atoms with Crippen LogP contribution in [0.15, 0.2) is 88.2 Å². The largest absolute Gasteiger partial charge is 0.484 e. The van der Waals surface area contributed by atoms with Gasteiger partial charge in [0.15, 0.2) is 6.61 Å². The highest BCUT2D eigenvalue weighted by Crippen LogP contribution is 2.38. The summed E-state index contributed by atoms with van der Waals surface area (Å²) < 4.78 is 7.07. The lowest BCUT2D eigenvalue weighted by molar-refractivity contribution is -0.123. The molecule has 0 spiro atoms. The predicted octanol–water partition coefficient (Wildman–Crippen LogP) is 6.43. The minimum atomic E-state index is -0.248. The van der Waals surface area contributed by atoms with Crippen LogP contribution >= 0.6 is 39.9 Å². The fourth-order valence-corrected chi connectivity index (χ4v) is 5.07. The SMILES string of the molecule is C[C@H](c1ccccc1)N1C(=O)/C(=C/c2ccc(OCC(=O)Nc3ccc(Br)cc3)cc2)SC1=S. The van der Waals surface area contributed by atoms with Gasteiger partial charge in [0.25, 0.3) is 11.8 Å². The summed E-state index contributed by atoms with van der Waals surface area (Å²) in [5, 5.41) is 2.78. The Morgan fingerprint density at radius 2 is 1.76 bits per heavy atom. The van der Waals surface area contributed by atoms with Gasteiger partial charge < -0.3 is 10.1 Å². The quantitative estimate of drug-likeness (QED) is 0.270. The van der Waals surface area contributed by atoms with E-state index in [1.807, 2.05) is 67.6 Å². The third-order valence-electron chi connectivity index (χ3n) is 5.17. The summed E-state index contributed by atoms with van der Waals surface area (Å²) in [5.41, 5.74) is 2.58. The molecule has 4 rings (SSSR count). The van der Waals surface area contributed by atoms with Crippen molar-refractivity contribution in [3.63, 3.8) is 0 Å². The van der Waals surface area contributed by atoms with E-state index in [0.717, 1.165) is 15.6 Å².